The topological polar surface area (TPSA) is 95.5 Å². The van der Waals surface area contributed by atoms with E-state index < -0.39 is 38.6 Å². The van der Waals surface area contributed by atoms with Crippen molar-refractivity contribution in [2.45, 2.75) is 167 Å². The number of nitrogens with one attached hydrogen (secondary N) is 1. The van der Waals surface area contributed by atoms with Crippen LogP contribution < -0.4 is 17.1 Å². The number of rotatable bonds is 11. The average Bonchev–Trinajstić information content (AvgIpc) is 2.85. The van der Waals surface area contributed by atoms with Gasteiger partial charge in [-0.3, -0.25) is 0 Å². The summed E-state index contributed by atoms with van der Waals surface area (Å²) in [6.45, 7) is 32.5. The predicted molar refractivity (Wildman–Crippen MR) is 201 cm³/mol. The minimum Gasteiger partial charge on any atom is -1.00 e. The smallest absolute Gasteiger partial charge is 1.00 e. The van der Waals surface area contributed by atoms with Gasteiger partial charge in [-0.1, -0.05) is 13.1 Å². The quantitative estimate of drug-likeness (QED) is 0.189. The summed E-state index contributed by atoms with van der Waals surface area (Å²) in [5, 5.41) is 0. The van der Waals surface area contributed by atoms with E-state index in [4.69, 9.17) is 18.3 Å². The Morgan fingerprint density at radius 1 is 0.913 bits per heavy atom. The molecule has 0 saturated heterocycles. The summed E-state index contributed by atoms with van der Waals surface area (Å²) in [4.78, 5) is 0. The fourth-order valence-corrected chi connectivity index (χ4v) is 9.86. The number of ether oxygens (including phenoxy) is 2. The van der Waals surface area contributed by atoms with Crippen LogP contribution in [0, 0.1) is 6.55 Å². The molecule has 8 nitrogen and oxygen atoms in total. The van der Waals surface area contributed by atoms with Gasteiger partial charge in [0.2, 0.25) is 0 Å². The third kappa shape index (κ3) is 26.3. The zero-order valence-corrected chi connectivity index (χ0v) is 37.1. The first-order chi connectivity index (χ1) is 19.9. The summed E-state index contributed by atoms with van der Waals surface area (Å²) < 4.78 is 53.5. The number of hydrogen-bond acceptors (Lipinski definition) is 6. The maximum atomic E-state index is 12.5. The van der Waals surface area contributed by atoms with E-state index in [1.165, 1.54) is 0 Å². The molecule has 2 rings (SSSR count). The fraction of sp³-hybridized carbons (Fsp3) is 0.812. The SMILES string of the molecule is CC(C)(C)[S@](=O)N=C[C@@H]1CCC=CO1.CC(C)O[Si](C)(C)C[C@H](N[S@@](=O)C(C)(C)C)[C@@H]1CCC=CO1.[CH2-][Si](C)(C)OC(C)C.[Cl-].[Mg+2]. The van der Waals surface area contributed by atoms with E-state index in [-0.39, 0.29) is 69.3 Å². The van der Waals surface area contributed by atoms with Gasteiger partial charge in [0, 0.05) is 20.5 Å². The molecule has 0 bridgehead atoms. The summed E-state index contributed by atoms with van der Waals surface area (Å²) in [6.07, 6.45) is 13.7. The van der Waals surface area contributed by atoms with Gasteiger partial charge in [0.05, 0.1) is 45.3 Å². The van der Waals surface area contributed by atoms with Crippen molar-refractivity contribution < 1.29 is 39.2 Å². The molecule has 2 aliphatic heterocycles. The van der Waals surface area contributed by atoms with E-state index >= 15 is 0 Å². The maximum Gasteiger partial charge on any atom is 2.00 e. The first kappa shape index (κ1) is 50.8. The van der Waals surface area contributed by atoms with E-state index in [1.807, 2.05) is 67.5 Å². The Balaban J connectivity index is -0.000000662. The normalized spacial score (nSPS) is 20.5. The van der Waals surface area contributed by atoms with Crippen molar-refractivity contribution in [2.75, 3.05) is 0 Å². The van der Waals surface area contributed by atoms with Crippen LogP contribution in [-0.4, -0.2) is 94.3 Å². The van der Waals surface area contributed by atoms with E-state index in [0.29, 0.717) is 6.10 Å². The van der Waals surface area contributed by atoms with Gasteiger partial charge in [0.1, 0.15) is 23.2 Å². The zero-order chi connectivity index (χ0) is 34.4. The summed E-state index contributed by atoms with van der Waals surface area (Å²) >= 11 is 0. The molecule has 0 fully saturated rings. The molecule has 2 aliphatic rings. The van der Waals surface area contributed by atoms with Gasteiger partial charge in [-0.15, -0.1) is 0 Å². The summed E-state index contributed by atoms with van der Waals surface area (Å²) in [7, 11) is -5.59. The molecule has 46 heavy (non-hydrogen) atoms. The number of halogens is 1. The van der Waals surface area contributed by atoms with Crippen molar-refractivity contribution in [1.82, 2.24) is 4.72 Å². The number of nitrogens with zero attached hydrogens (tertiary/aromatic N) is 1. The third-order valence-electron chi connectivity index (χ3n) is 5.87. The van der Waals surface area contributed by atoms with E-state index in [2.05, 4.69) is 55.7 Å². The minimum atomic E-state index is -1.84. The monoisotopic (exact) mass is 752 g/mol. The van der Waals surface area contributed by atoms with Crippen LogP contribution in [0.2, 0.25) is 32.2 Å². The van der Waals surface area contributed by atoms with Gasteiger partial charge < -0.3 is 37.3 Å². The van der Waals surface area contributed by atoms with Crippen LogP contribution in [-0.2, 0) is 40.3 Å². The van der Waals surface area contributed by atoms with Crippen molar-refractivity contribution in [3.63, 3.8) is 0 Å². The Bertz CT molecular complexity index is 966. The molecule has 14 heteroatoms. The largest absolute Gasteiger partial charge is 2.00 e. The molecule has 1 N–H and O–H groups in total. The van der Waals surface area contributed by atoms with E-state index in [0.717, 1.165) is 31.7 Å². The molecule has 0 aromatic carbocycles. The van der Waals surface area contributed by atoms with Gasteiger partial charge >= 0.3 is 23.1 Å². The van der Waals surface area contributed by atoms with Gasteiger partial charge in [0.25, 0.3) is 0 Å². The molecule has 0 radical (unpaired) electrons. The van der Waals surface area contributed by atoms with Crippen molar-refractivity contribution in [1.29, 1.82) is 0 Å². The Morgan fingerprint density at radius 2 is 1.41 bits per heavy atom. The molecular formula is C32H65ClMgN2O6S2Si2. The first-order valence-electron chi connectivity index (χ1n) is 15.9. The number of allylic oxidation sites excluding steroid dienone is 2. The minimum absolute atomic E-state index is 0. The molecule has 0 aromatic heterocycles. The standard InChI is InChI=1S/C16H33NO3SSi.C10H17NO2S.C6H15OSi.ClH.Mg/c1-13(2)20-22(6,7)12-14(15-10-8-9-11-19-15)17-21(18)16(3,4)5;1-10(2,3)14(12)11-8-9-6-4-5-7-13-9;1-6(2)7-8(3,4)5;;/h9,11,13-15,17H,8,10,12H2,1-7H3;5,7-9H,4,6H2,1-3H3;6H,3H2,1-2,4-5H3;1H;/q;;-1;;+2/p-1/t14-,15-,21-;9-,14-;;;/m00.../s1. The second kappa shape index (κ2) is 23.8. The Labute approximate surface area is 312 Å². The summed E-state index contributed by atoms with van der Waals surface area (Å²) in [5.74, 6) is 0. The van der Waals surface area contributed by atoms with Crippen molar-refractivity contribution in [2.24, 2.45) is 4.40 Å². The fourth-order valence-electron chi connectivity index (χ4n) is 4.21. The first-order valence-corrected chi connectivity index (χ1v) is 24.4. The molecule has 0 amide bonds. The van der Waals surface area contributed by atoms with Crippen LogP contribution in [0.5, 0.6) is 0 Å². The molecular weight excluding hydrogens is 688 g/mol. The van der Waals surface area contributed by atoms with Crippen molar-refractivity contribution >= 4 is 67.9 Å². The zero-order valence-electron chi connectivity index (χ0n) is 31.3. The molecule has 268 valence electrons. The second-order valence-electron chi connectivity index (χ2n) is 15.0. The number of hydrogen-bond donors (Lipinski definition) is 1. The van der Waals surface area contributed by atoms with E-state index in [9.17, 15) is 8.42 Å². The van der Waals surface area contributed by atoms with Gasteiger partial charge in [-0.25, -0.2) is 13.1 Å². The Kier molecular flexibility index (Phi) is 26.2. The maximum absolute atomic E-state index is 12.5. The molecule has 0 spiro atoms. The summed E-state index contributed by atoms with van der Waals surface area (Å²) in [6, 6.07) is 0.955. The van der Waals surface area contributed by atoms with Crippen LogP contribution in [0.15, 0.2) is 29.1 Å². The molecule has 0 saturated carbocycles. The second-order valence-corrected chi connectivity index (χ2v) is 26.9. The molecule has 0 unspecified atom stereocenters. The van der Waals surface area contributed by atoms with Crippen molar-refractivity contribution in [3.05, 3.63) is 31.2 Å². The van der Waals surface area contributed by atoms with Crippen LogP contribution in [0.25, 0.3) is 0 Å². The van der Waals surface area contributed by atoms with Crippen LogP contribution in [0.1, 0.15) is 94.9 Å². The molecule has 2 heterocycles. The van der Waals surface area contributed by atoms with Crippen LogP contribution in [0.3, 0.4) is 0 Å². The third-order valence-corrected chi connectivity index (χ3v) is 12.5. The summed E-state index contributed by atoms with van der Waals surface area (Å²) in [5.41, 5.74) is 0. The van der Waals surface area contributed by atoms with E-state index in [1.54, 1.807) is 18.7 Å². The Hall–Kier alpha value is 0.420. The van der Waals surface area contributed by atoms with Crippen LogP contribution >= 0.6 is 0 Å². The molecule has 0 aromatic rings. The van der Waals surface area contributed by atoms with Gasteiger partial charge in [-0.2, -0.15) is 4.40 Å². The average molecular weight is 754 g/mol. The Morgan fingerprint density at radius 3 is 1.76 bits per heavy atom. The predicted octanol–water partition coefficient (Wildman–Crippen LogP) is 4.55. The van der Waals surface area contributed by atoms with Crippen LogP contribution in [0.4, 0.5) is 0 Å². The molecule has 0 aliphatic carbocycles. The van der Waals surface area contributed by atoms with Gasteiger partial charge in [-0.05, 0) is 126 Å². The van der Waals surface area contributed by atoms with Gasteiger partial charge in [0.15, 0.2) is 8.32 Å². The van der Waals surface area contributed by atoms with Crippen molar-refractivity contribution in [3.8, 4) is 0 Å². The molecule has 5 atom stereocenters.